The minimum Gasteiger partial charge on any atom is -0.440 e. The van der Waals surface area contributed by atoms with Crippen LogP contribution in [-0.4, -0.2) is 31.1 Å². The van der Waals surface area contributed by atoms with Crippen LogP contribution in [0.5, 0.6) is 0 Å². The molecule has 0 N–H and O–H groups in total. The van der Waals surface area contributed by atoms with Gasteiger partial charge in [-0.05, 0) is 35.2 Å². The van der Waals surface area contributed by atoms with E-state index < -0.39 is 0 Å². The van der Waals surface area contributed by atoms with Crippen LogP contribution in [0.25, 0.3) is 0 Å². The van der Waals surface area contributed by atoms with Crippen LogP contribution < -0.4 is 0 Å². The summed E-state index contributed by atoms with van der Waals surface area (Å²) in [5.41, 5.74) is 0. The lowest BCUT2D eigenvalue weighted by molar-refractivity contribution is 0.0651. The quantitative estimate of drug-likeness (QED) is 0.822. The predicted molar refractivity (Wildman–Crippen MR) is 74.7 cm³/mol. The number of amides is 1. The summed E-state index contributed by atoms with van der Waals surface area (Å²) in [6.07, 6.45) is 0. The number of methoxy groups -OCH3 is 1. The number of ether oxygens (including phenoxy) is 1. The highest BCUT2D eigenvalue weighted by Crippen LogP contribution is 2.18. The molecule has 0 aliphatic rings. The molecule has 1 amide bonds. The summed E-state index contributed by atoms with van der Waals surface area (Å²) in [4.78, 5) is 15.1. The van der Waals surface area contributed by atoms with Gasteiger partial charge in [-0.15, -0.1) is 11.3 Å². The van der Waals surface area contributed by atoms with E-state index in [9.17, 15) is 4.79 Å². The van der Waals surface area contributed by atoms with Crippen LogP contribution >= 0.6 is 22.9 Å². The molecule has 0 aromatic carbocycles. The smallest absolute Gasteiger partial charge is 0.290 e. The van der Waals surface area contributed by atoms with Crippen molar-refractivity contribution >= 4 is 28.8 Å². The number of hydrogen-bond acceptors (Lipinski definition) is 4. The molecule has 102 valence electrons. The van der Waals surface area contributed by atoms with E-state index >= 15 is 0 Å². The highest BCUT2D eigenvalue weighted by Gasteiger charge is 2.19. The summed E-state index contributed by atoms with van der Waals surface area (Å²) in [7, 11) is 1.61. The first-order valence-electron chi connectivity index (χ1n) is 5.76. The molecule has 2 aromatic rings. The van der Waals surface area contributed by atoms with Crippen molar-refractivity contribution in [2.75, 3.05) is 20.3 Å². The topological polar surface area (TPSA) is 42.7 Å². The average Bonchev–Trinajstić information content (AvgIpc) is 3.05. The normalized spacial score (nSPS) is 10.6. The predicted octanol–water partition coefficient (Wildman–Crippen LogP) is 3.28. The third-order valence-corrected chi connectivity index (χ3v) is 3.63. The molecule has 0 saturated heterocycles. The van der Waals surface area contributed by atoms with Gasteiger partial charge in [0.15, 0.2) is 11.0 Å². The lowest BCUT2D eigenvalue weighted by Crippen LogP contribution is -2.32. The van der Waals surface area contributed by atoms with Gasteiger partial charge in [0.05, 0.1) is 13.2 Å². The fourth-order valence-corrected chi connectivity index (χ4v) is 2.50. The molecule has 0 bridgehead atoms. The van der Waals surface area contributed by atoms with Gasteiger partial charge in [0, 0.05) is 18.5 Å². The molecule has 0 aliphatic carbocycles. The van der Waals surface area contributed by atoms with Gasteiger partial charge >= 0.3 is 0 Å². The summed E-state index contributed by atoms with van der Waals surface area (Å²) in [6.45, 7) is 1.52. The zero-order chi connectivity index (χ0) is 13.7. The van der Waals surface area contributed by atoms with Crippen LogP contribution in [-0.2, 0) is 11.3 Å². The molecule has 0 radical (unpaired) electrons. The van der Waals surface area contributed by atoms with E-state index in [1.165, 1.54) is 0 Å². The van der Waals surface area contributed by atoms with E-state index in [1.807, 2.05) is 17.5 Å². The van der Waals surface area contributed by atoms with Crippen LogP contribution in [0.2, 0.25) is 5.22 Å². The average molecular weight is 300 g/mol. The monoisotopic (exact) mass is 299 g/mol. The molecule has 4 nitrogen and oxygen atoms in total. The molecular formula is C13H14ClNO3S. The first kappa shape index (κ1) is 14.1. The van der Waals surface area contributed by atoms with Gasteiger partial charge < -0.3 is 14.1 Å². The van der Waals surface area contributed by atoms with Crippen LogP contribution in [0.3, 0.4) is 0 Å². The maximum Gasteiger partial charge on any atom is 0.290 e. The van der Waals surface area contributed by atoms with Gasteiger partial charge in [-0.1, -0.05) is 6.07 Å². The molecule has 0 aliphatic heterocycles. The second-order valence-electron chi connectivity index (χ2n) is 3.90. The number of carbonyl (C=O) groups excluding carboxylic acids is 1. The summed E-state index contributed by atoms with van der Waals surface area (Å²) < 4.78 is 10.2. The van der Waals surface area contributed by atoms with Crippen molar-refractivity contribution in [1.29, 1.82) is 0 Å². The van der Waals surface area contributed by atoms with Crippen LogP contribution in [0, 0.1) is 0 Å². The van der Waals surface area contributed by atoms with Crippen molar-refractivity contribution in [2.24, 2.45) is 0 Å². The fourth-order valence-electron chi connectivity index (χ4n) is 1.63. The highest BCUT2D eigenvalue weighted by molar-refractivity contribution is 7.09. The molecule has 2 aromatic heterocycles. The zero-order valence-electron chi connectivity index (χ0n) is 10.5. The van der Waals surface area contributed by atoms with E-state index in [4.69, 9.17) is 20.8 Å². The Morgan fingerprint density at radius 3 is 2.89 bits per heavy atom. The number of nitrogens with zero attached hydrogens (tertiary/aromatic N) is 1. The van der Waals surface area contributed by atoms with Crippen molar-refractivity contribution in [3.05, 3.63) is 45.5 Å². The molecule has 0 saturated carbocycles. The summed E-state index contributed by atoms with van der Waals surface area (Å²) >= 11 is 7.31. The Balaban J connectivity index is 2.10. The minimum absolute atomic E-state index is 0.183. The molecule has 6 heteroatoms. The zero-order valence-corrected chi connectivity index (χ0v) is 12.0. The van der Waals surface area contributed by atoms with Crippen molar-refractivity contribution in [3.8, 4) is 0 Å². The van der Waals surface area contributed by atoms with Gasteiger partial charge in [-0.3, -0.25) is 4.79 Å². The number of furan rings is 1. The van der Waals surface area contributed by atoms with E-state index in [0.717, 1.165) is 4.88 Å². The molecule has 2 heterocycles. The van der Waals surface area contributed by atoms with Gasteiger partial charge in [0.25, 0.3) is 5.91 Å². The number of hydrogen-bond donors (Lipinski definition) is 0. The van der Waals surface area contributed by atoms with Crippen molar-refractivity contribution in [3.63, 3.8) is 0 Å². The molecule has 2 rings (SSSR count). The number of thiophene rings is 1. The largest absolute Gasteiger partial charge is 0.440 e. The second-order valence-corrected chi connectivity index (χ2v) is 5.31. The number of rotatable bonds is 6. The Hall–Kier alpha value is -1.30. The molecule has 0 atom stereocenters. The van der Waals surface area contributed by atoms with Crippen LogP contribution in [0.1, 0.15) is 15.4 Å². The Morgan fingerprint density at radius 2 is 2.32 bits per heavy atom. The standard InChI is InChI=1S/C13H14ClNO3S/c1-17-7-6-15(9-10-3-2-8-19-10)13(16)11-4-5-12(14)18-11/h2-5,8H,6-7,9H2,1H3. The minimum atomic E-state index is -0.183. The van der Waals surface area contributed by atoms with Crippen molar-refractivity contribution in [1.82, 2.24) is 4.90 Å². The summed E-state index contributed by atoms with van der Waals surface area (Å²) in [6, 6.07) is 7.10. The number of halogens is 1. The summed E-state index contributed by atoms with van der Waals surface area (Å²) in [5, 5.41) is 2.20. The molecule has 0 spiro atoms. The van der Waals surface area contributed by atoms with Crippen molar-refractivity contribution < 1.29 is 13.9 Å². The Bertz CT molecular complexity index is 524. The van der Waals surface area contributed by atoms with E-state index in [-0.39, 0.29) is 16.9 Å². The fraction of sp³-hybridized carbons (Fsp3) is 0.308. The molecule has 0 fully saturated rings. The lowest BCUT2D eigenvalue weighted by Gasteiger charge is -2.20. The SMILES string of the molecule is COCCN(Cc1cccs1)C(=O)c1ccc(Cl)o1. The van der Waals surface area contributed by atoms with E-state index in [2.05, 4.69) is 0 Å². The van der Waals surface area contributed by atoms with Crippen LogP contribution in [0.4, 0.5) is 0 Å². The Morgan fingerprint density at radius 1 is 1.47 bits per heavy atom. The third kappa shape index (κ3) is 3.83. The molecule has 19 heavy (non-hydrogen) atoms. The first-order valence-corrected chi connectivity index (χ1v) is 7.02. The van der Waals surface area contributed by atoms with Gasteiger partial charge in [0.1, 0.15) is 0 Å². The summed E-state index contributed by atoms with van der Waals surface area (Å²) in [5.74, 6) is 0.0648. The van der Waals surface area contributed by atoms with Gasteiger partial charge in [-0.25, -0.2) is 0 Å². The highest BCUT2D eigenvalue weighted by atomic mass is 35.5. The lowest BCUT2D eigenvalue weighted by atomic mass is 10.3. The van der Waals surface area contributed by atoms with Crippen molar-refractivity contribution in [2.45, 2.75) is 6.54 Å². The molecular weight excluding hydrogens is 286 g/mol. The van der Waals surface area contributed by atoms with E-state index in [0.29, 0.717) is 19.7 Å². The van der Waals surface area contributed by atoms with Gasteiger partial charge in [0.2, 0.25) is 0 Å². The number of carbonyl (C=O) groups is 1. The Kier molecular flexibility index (Phi) is 5.01. The first-order chi connectivity index (χ1) is 9.20. The maximum absolute atomic E-state index is 12.3. The van der Waals surface area contributed by atoms with Gasteiger partial charge in [-0.2, -0.15) is 0 Å². The third-order valence-electron chi connectivity index (χ3n) is 2.56. The maximum atomic E-state index is 12.3. The van der Waals surface area contributed by atoms with Crippen LogP contribution in [0.15, 0.2) is 34.1 Å². The Labute approximate surface area is 120 Å². The van der Waals surface area contributed by atoms with E-state index in [1.54, 1.807) is 35.5 Å². The second kappa shape index (κ2) is 6.75. The molecule has 0 unspecified atom stereocenters.